The molecule has 0 bridgehead atoms. The van der Waals surface area contributed by atoms with Gasteiger partial charge in [-0.1, -0.05) is 26.7 Å². The Morgan fingerprint density at radius 2 is 1.35 bits per heavy atom. The molecule has 0 saturated carbocycles. The number of benzene rings is 1. The Bertz CT molecular complexity index is 412. The minimum atomic E-state index is -4.77. The Balaban J connectivity index is 3.17. The van der Waals surface area contributed by atoms with Gasteiger partial charge in [-0.05, 0) is 36.1 Å². The van der Waals surface area contributed by atoms with Gasteiger partial charge in [-0.3, -0.25) is 0 Å². The van der Waals surface area contributed by atoms with Crippen molar-refractivity contribution in [1.82, 2.24) is 0 Å². The summed E-state index contributed by atoms with van der Waals surface area (Å²) in [7, 11) is 0. The van der Waals surface area contributed by atoms with Crippen LogP contribution in [-0.4, -0.2) is 0 Å². The lowest BCUT2D eigenvalue weighted by molar-refractivity contribution is -0.143. The zero-order valence-corrected chi connectivity index (χ0v) is 11.2. The molecule has 0 fully saturated rings. The van der Waals surface area contributed by atoms with Crippen molar-refractivity contribution in [2.24, 2.45) is 5.92 Å². The van der Waals surface area contributed by atoms with Crippen LogP contribution >= 0.6 is 0 Å². The molecule has 0 aliphatic carbocycles. The van der Waals surface area contributed by atoms with Crippen LogP contribution in [0.5, 0.6) is 0 Å². The van der Waals surface area contributed by atoms with E-state index in [0.29, 0.717) is 0 Å². The second-order valence-corrected chi connectivity index (χ2v) is 5.01. The summed E-state index contributed by atoms with van der Waals surface area (Å²) in [6, 6.07) is 1.77. The summed E-state index contributed by atoms with van der Waals surface area (Å²) < 4.78 is 75.9. The van der Waals surface area contributed by atoms with Crippen molar-refractivity contribution in [3.63, 3.8) is 0 Å². The van der Waals surface area contributed by atoms with Gasteiger partial charge in [-0.15, -0.1) is 0 Å². The van der Waals surface area contributed by atoms with Crippen molar-refractivity contribution in [1.29, 1.82) is 0 Å². The summed E-state index contributed by atoms with van der Waals surface area (Å²) in [5.74, 6) is 0.0459. The molecule has 1 atom stereocenters. The van der Waals surface area contributed by atoms with Crippen molar-refractivity contribution in [2.75, 3.05) is 0 Å². The van der Waals surface area contributed by atoms with E-state index in [1.54, 1.807) is 0 Å². The zero-order valence-electron chi connectivity index (χ0n) is 11.2. The van der Waals surface area contributed by atoms with E-state index in [1.807, 2.05) is 13.8 Å². The highest BCUT2D eigenvalue weighted by Gasteiger charge is 2.36. The fraction of sp³-hybridized carbons (Fsp3) is 0.571. The molecule has 0 saturated heterocycles. The van der Waals surface area contributed by atoms with Crippen LogP contribution in [0.2, 0.25) is 0 Å². The smallest absolute Gasteiger partial charge is 0.166 e. The third-order valence-corrected chi connectivity index (χ3v) is 3.01. The first-order chi connectivity index (χ1) is 9.04. The number of alkyl halides is 6. The van der Waals surface area contributed by atoms with E-state index in [2.05, 4.69) is 0 Å². The Labute approximate surface area is 113 Å². The third kappa shape index (κ3) is 4.72. The normalized spacial score (nSPS) is 14.4. The van der Waals surface area contributed by atoms with Gasteiger partial charge in [0.15, 0.2) is 0 Å². The molecule has 114 valence electrons. The maximum absolute atomic E-state index is 12.7. The first-order valence-electron chi connectivity index (χ1n) is 6.32. The van der Waals surface area contributed by atoms with Gasteiger partial charge in [0.25, 0.3) is 0 Å². The first-order valence-corrected chi connectivity index (χ1v) is 6.32. The molecular formula is C14H16F6. The largest absolute Gasteiger partial charge is 0.416 e. The van der Waals surface area contributed by atoms with Crippen LogP contribution in [0.15, 0.2) is 18.2 Å². The molecule has 0 amide bonds. The van der Waals surface area contributed by atoms with Gasteiger partial charge in [0.1, 0.15) is 0 Å². The van der Waals surface area contributed by atoms with Gasteiger partial charge < -0.3 is 0 Å². The van der Waals surface area contributed by atoms with Crippen LogP contribution in [0.4, 0.5) is 26.3 Å². The van der Waals surface area contributed by atoms with E-state index in [4.69, 9.17) is 0 Å². The maximum Gasteiger partial charge on any atom is 0.416 e. The molecule has 0 aliphatic heterocycles. The second kappa shape index (κ2) is 6.06. The molecule has 20 heavy (non-hydrogen) atoms. The fourth-order valence-electron chi connectivity index (χ4n) is 2.13. The molecule has 0 spiro atoms. The van der Waals surface area contributed by atoms with Gasteiger partial charge in [0.05, 0.1) is 11.1 Å². The number of halogens is 6. The summed E-state index contributed by atoms with van der Waals surface area (Å²) in [5.41, 5.74) is -2.41. The molecule has 0 N–H and O–H groups in total. The van der Waals surface area contributed by atoms with Gasteiger partial charge in [-0.25, -0.2) is 0 Å². The average molecular weight is 298 g/mol. The second-order valence-electron chi connectivity index (χ2n) is 5.01. The van der Waals surface area contributed by atoms with Crippen LogP contribution in [0.3, 0.4) is 0 Å². The highest BCUT2D eigenvalue weighted by Crippen LogP contribution is 2.36. The summed E-state index contributed by atoms with van der Waals surface area (Å²) >= 11 is 0. The first kappa shape index (κ1) is 16.9. The molecule has 0 aromatic heterocycles. The monoisotopic (exact) mass is 298 g/mol. The van der Waals surface area contributed by atoms with E-state index in [1.165, 1.54) is 0 Å². The number of hydrogen-bond acceptors (Lipinski definition) is 0. The van der Waals surface area contributed by atoms with E-state index in [0.717, 1.165) is 25.0 Å². The molecule has 6 heteroatoms. The van der Waals surface area contributed by atoms with E-state index in [-0.39, 0.29) is 24.0 Å². The minimum Gasteiger partial charge on any atom is -0.166 e. The van der Waals surface area contributed by atoms with E-state index in [9.17, 15) is 26.3 Å². The standard InChI is InChI=1S/C14H16F6/c1-3-4-9(2)5-10-6-11(13(15,16)17)8-12(7-10)14(18,19)20/h6-9H,3-5H2,1-2H3. The lowest BCUT2D eigenvalue weighted by Gasteiger charge is -2.16. The molecule has 0 radical (unpaired) electrons. The average Bonchev–Trinajstić information content (AvgIpc) is 2.26. The van der Waals surface area contributed by atoms with Crippen molar-refractivity contribution in [2.45, 2.75) is 45.5 Å². The van der Waals surface area contributed by atoms with Crippen LogP contribution in [0.25, 0.3) is 0 Å². The predicted molar refractivity (Wildman–Crippen MR) is 64.2 cm³/mol. The Morgan fingerprint density at radius 1 is 0.900 bits per heavy atom. The van der Waals surface area contributed by atoms with Crippen LogP contribution in [0, 0.1) is 5.92 Å². The summed E-state index contributed by atoms with van der Waals surface area (Å²) in [4.78, 5) is 0. The van der Waals surface area contributed by atoms with Crippen molar-refractivity contribution >= 4 is 0 Å². The van der Waals surface area contributed by atoms with Crippen molar-refractivity contribution < 1.29 is 26.3 Å². The van der Waals surface area contributed by atoms with Crippen molar-refractivity contribution in [3.05, 3.63) is 34.9 Å². The van der Waals surface area contributed by atoms with Gasteiger partial charge in [0, 0.05) is 0 Å². The summed E-state index contributed by atoms with van der Waals surface area (Å²) in [6.45, 7) is 3.74. The van der Waals surface area contributed by atoms with Gasteiger partial charge >= 0.3 is 12.4 Å². The lowest BCUT2D eigenvalue weighted by Crippen LogP contribution is -2.12. The Hall–Kier alpha value is -1.20. The molecule has 1 unspecified atom stereocenters. The number of rotatable bonds is 4. The molecule has 1 rings (SSSR count). The SMILES string of the molecule is CCCC(C)Cc1cc(C(F)(F)F)cc(C(F)(F)F)c1. The highest BCUT2D eigenvalue weighted by atomic mass is 19.4. The fourth-order valence-corrected chi connectivity index (χ4v) is 2.13. The van der Waals surface area contributed by atoms with Crippen molar-refractivity contribution in [3.8, 4) is 0 Å². The molecule has 1 aromatic carbocycles. The van der Waals surface area contributed by atoms with Crippen LogP contribution in [0.1, 0.15) is 43.4 Å². The lowest BCUT2D eigenvalue weighted by atomic mass is 9.94. The third-order valence-electron chi connectivity index (χ3n) is 3.01. The predicted octanol–water partition coefficient (Wildman–Crippen LogP) is 5.70. The molecule has 0 nitrogen and oxygen atoms in total. The summed E-state index contributed by atoms with van der Waals surface area (Å²) in [5, 5.41) is 0. The van der Waals surface area contributed by atoms with Crippen LogP contribution < -0.4 is 0 Å². The maximum atomic E-state index is 12.7. The Kier molecular flexibility index (Phi) is 5.10. The van der Waals surface area contributed by atoms with Gasteiger partial charge in [-0.2, -0.15) is 26.3 Å². The van der Waals surface area contributed by atoms with Gasteiger partial charge in [0.2, 0.25) is 0 Å². The topological polar surface area (TPSA) is 0 Å². The number of hydrogen-bond donors (Lipinski definition) is 0. The van der Waals surface area contributed by atoms with E-state index < -0.39 is 23.5 Å². The van der Waals surface area contributed by atoms with E-state index >= 15 is 0 Å². The molecule has 1 aromatic rings. The summed E-state index contributed by atoms with van der Waals surface area (Å²) in [6.07, 6.45) is -7.74. The molecular weight excluding hydrogens is 282 g/mol. The highest BCUT2D eigenvalue weighted by molar-refractivity contribution is 5.33. The minimum absolute atomic E-state index is 0.0459. The van der Waals surface area contributed by atoms with Crippen LogP contribution in [-0.2, 0) is 18.8 Å². The zero-order chi connectivity index (χ0) is 15.6. The molecule has 0 heterocycles. The quantitative estimate of drug-likeness (QED) is 0.625. The molecule has 0 aliphatic rings. The Morgan fingerprint density at radius 3 is 1.70 bits per heavy atom.